The van der Waals surface area contributed by atoms with Crippen LogP contribution in [-0.2, 0) is 0 Å². The topological polar surface area (TPSA) is 33.3 Å². The van der Waals surface area contributed by atoms with Gasteiger partial charge in [-0.15, -0.1) is 0 Å². The van der Waals surface area contributed by atoms with Crippen molar-refractivity contribution in [3.05, 3.63) is 58.6 Å². The van der Waals surface area contributed by atoms with Gasteiger partial charge in [-0.05, 0) is 67.0 Å². The summed E-state index contributed by atoms with van der Waals surface area (Å²) in [6, 6.07) is 13.8. The number of thiocarbonyl (C=S) groups is 1. The molecule has 0 heterocycles. The van der Waals surface area contributed by atoms with Crippen LogP contribution in [0.1, 0.15) is 30.5 Å². The van der Waals surface area contributed by atoms with Gasteiger partial charge in [-0.2, -0.15) is 0 Å². The fraction of sp³-hybridized carbons (Fsp3) is 0.278. The highest BCUT2D eigenvalue weighted by atomic mass is 35.5. The van der Waals surface area contributed by atoms with Crippen molar-refractivity contribution in [2.24, 2.45) is 0 Å². The van der Waals surface area contributed by atoms with Crippen molar-refractivity contribution in [1.29, 1.82) is 0 Å². The predicted molar refractivity (Wildman–Crippen MR) is 102 cm³/mol. The Morgan fingerprint density at radius 2 is 1.91 bits per heavy atom. The normalized spacial score (nSPS) is 11.7. The molecule has 2 aromatic rings. The molecule has 3 nitrogen and oxygen atoms in total. The Bertz CT molecular complexity index is 673. The van der Waals surface area contributed by atoms with E-state index in [2.05, 4.69) is 29.7 Å². The van der Waals surface area contributed by atoms with Crippen molar-refractivity contribution in [2.45, 2.75) is 26.3 Å². The molecule has 23 heavy (non-hydrogen) atoms. The Kier molecular flexibility index (Phi) is 6.25. The van der Waals surface area contributed by atoms with Crippen LogP contribution in [0.5, 0.6) is 5.75 Å². The van der Waals surface area contributed by atoms with Gasteiger partial charge in [0.25, 0.3) is 0 Å². The quantitative estimate of drug-likeness (QED) is 0.737. The summed E-state index contributed by atoms with van der Waals surface area (Å²) in [6.45, 7) is 4.17. The first-order chi connectivity index (χ1) is 11.0. The monoisotopic (exact) mass is 348 g/mol. The highest BCUT2D eigenvalue weighted by Crippen LogP contribution is 2.24. The first kappa shape index (κ1) is 17.6. The minimum Gasteiger partial charge on any atom is -0.496 e. The van der Waals surface area contributed by atoms with E-state index in [1.165, 1.54) is 5.56 Å². The van der Waals surface area contributed by atoms with Crippen LogP contribution >= 0.6 is 23.8 Å². The Hall–Kier alpha value is -1.78. The maximum atomic E-state index is 5.89. The van der Waals surface area contributed by atoms with Crippen LogP contribution in [0.4, 0.5) is 5.69 Å². The first-order valence-corrected chi connectivity index (χ1v) is 8.29. The van der Waals surface area contributed by atoms with Crippen molar-refractivity contribution in [2.75, 3.05) is 12.4 Å². The van der Waals surface area contributed by atoms with E-state index in [1.54, 1.807) is 7.11 Å². The van der Waals surface area contributed by atoms with Gasteiger partial charge in [-0.3, -0.25) is 0 Å². The molecule has 0 amide bonds. The number of nitrogens with one attached hydrogen (secondary N) is 2. The van der Waals surface area contributed by atoms with E-state index in [9.17, 15) is 0 Å². The summed E-state index contributed by atoms with van der Waals surface area (Å²) in [6.07, 6.45) is 0.925. The van der Waals surface area contributed by atoms with E-state index >= 15 is 0 Å². The molecular formula is C18H21ClN2OS. The average Bonchev–Trinajstić information content (AvgIpc) is 2.54. The van der Waals surface area contributed by atoms with E-state index in [0.29, 0.717) is 10.1 Å². The van der Waals surface area contributed by atoms with Crippen molar-refractivity contribution < 1.29 is 4.74 Å². The fourth-order valence-electron chi connectivity index (χ4n) is 2.40. The van der Waals surface area contributed by atoms with Gasteiger partial charge < -0.3 is 15.4 Å². The zero-order valence-electron chi connectivity index (χ0n) is 13.5. The summed E-state index contributed by atoms with van der Waals surface area (Å²) >= 11 is 11.3. The lowest BCUT2D eigenvalue weighted by Crippen LogP contribution is -2.32. The molecule has 0 spiro atoms. The molecule has 2 N–H and O–H groups in total. The number of ether oxygens (including phenoxy) is 1. The average molecular weight is 349 g/mol. The summed E-state index contributed by atoms with van der Waals surface area (Å²) in [5.74, 6) is 0.894. The van der Waals surface area contributed by atoms with Crippen molar-refractivity contribution in [1.82, 2.24) is 5.32 Å². The molecule has 2 aromatic carbocycles. The van der Waals surface area contributed by atoms with E-state index in [1.807, 2.05) is 37.3 Å². The number of benzene rings is 2. The van der Waals surface area contributed by atoms with Gasteiger partial charge in [0.15, 0.2) is 5.11 Å². The number of hydrogen-bond acceptors (Lipinski definition) is 2. The molecule has 0 saturated carbocycles. The van der Waals surface area contributed by atoms with Gasteiger partial charge in [0.05, 0.1) is 13.2 Å². The Balaban J connectivity index is 2.05. The van der Waals surface area contributed by atoms with Gasteiger partial charge in [0.2, 0.25) is 0 Å². The molecule has 0 radical (unpaired) electrons. The van der Waals surface area contributed by atoms with Crippen LogP contribution in [0.25, 0.3) is 0 Å². The van der Waals surface area contributed by atoms with E-state index in [-0.39, 0.29) is 6.04 Å². The van der Waals surface area contributed by atoms with Gasteiger partial charge >= 0.3 is 0 Å². The second-order valence-corrected chi connectivity index (χ2v) is 6.14. The molecular weight excluding hydrogens is 328 g/mol. The number of halogens is 1. The van der Waals surface area contributed by atoms with Crippen molar-refractivity contribution in [3.63, 3.8) is 0 Å². The standard InChI is InChI=1S/C18H21ClN2OS/c1-4-16(13-5-10-17(22-3)12(2)11-13)21-18(23)20-15-8-6-14(19)7-9-15/h5-11,16H,4H2,1-3H3,(H2,20,21,23)/t16-/m0/s1. The second-order valence-electron chi connectivity index (χ2n) is 5.30. The molecule has 0 aromatic heterocycles. The molecule has 0 aliphatic carbocycles. The third kappa shape index (κ3) is 4.85. The van der Waals surface area contributed by atoms with Gasteiger partial charge in [0, 0.05) is 10.7 Å². The van der Waals surface area contributed by atoms with Crippen LogP contribution in [0, 0.1) is 6.92 Å². The Morgan fingerprint density at radius 3 is 2.48 bits per heavy atom. The smallest absolute Gasteiger partial charge is 0.171 e. The summed E-state index contributed by atoms with van der Waals surface area (Å²) < 4.78 is 5.31. The van der Waals surface area contributed by atoms with E-state index in [0.717, 1.165) is 23.4 Å². The summed E-state index contributed by atoms with van der Waals surface area (Å²) in [7, 11) is 1.68. The molecule has 0 bridgehead atoms. The molecule has 1 atom stereocenters. The number of anilines is 1. The number of methoxy groups -OCH3 is 1. The minimum atomic E-state index is 0.145. The molecule has 0 saturated heterocycles. The maximum Gasteiger partial charge on any atom is 0.171 e. The lowest BCUT2D eigenvalue weighted by atomic mass is 10.0. The largest absolute Gasteiger partial charge is 0.496 e. The molecule has 2 rings (SSSR count). The highest BCUT2D eigenvalue weighted by molar-refractivity contribution is 7.80. The van der Waals surface area contributed by atoms with Crippen LogP contribution < -0.4 is 15.4 Å². The Morgan fingerprint density at radius 1 is 1.22 bits per heavy atom. The Labute approximate surface area is 148 Å². The first-order valence-electron chi connectivity index (χ1n) is 7.51. The number of rotatable bonds is 5. The molecule has 0 unspecified atom stereocenters. The SMILES string of the molecule is CC[C@H](NC(=S)Nc1ccc(Cl)cc1)c1ccc(OC)c(C)c1. The predicted octanol–water partition coefficient (Wildman–Crippen LogP) is 5.09. The lowest BCUT2D eigenvalue weighted by Gasteiger charge is -2.21. The summed E-state index contributed by atoms with van der Waals surface area (Å²) in [5.41, 5.74) is 3.21. The van der Waals surface area contributed by atoms with Crippen molar-refractivity contribution >= 4 is 34.6 Å². The summed E-state index contributed by atoms with van der Waals surface area (Å²) in [5, 5.41) is 7.83. The lowest BCUT2D eigenvalue weighted by molar-refractivity contribution is 0.411. The molecule has 0 aliphatic heterocycles. The second kappa shape index (κ2) is 8.18. The molecule has 0 fully saturated rings. The molecule has 0 aliphatic rings. The zero-order chi connectivity index (χ0) is 16.8. The molecule has 122 valence electrons. The van der Waals surface area contributed by atoms with Crippen LogP contribution in [0.15, 0.2) is 42.5 Å². The van der Waals surface area contributed by atoms with Gasteiger partial charge in [-0.1, -0.05) is 30.7 Å². The zero-order valence-corrected chi connectivity index (χ0v) is 15.1. The fourth-order valence-corrected chi connectivity index (χ4v) is 2.78. The highest BCUT2D eigenvalue weighted by Gasteiger charge is 2.12. The van der Waals surface area contributed by atoms with Crippen LogP contribution in [0.3, 0.4) is 0 Å². The van der Waals surface area contributed by atoms with Crippen LogP contribution in [0.2, 0.25) is 5.02 Å². The third-order valence-electron chi connectivity index (χ3n) is 3.64. The number of hydrogen-bond donors (Lipinski definition) is 2. The molecule has 5 heteroatoms. The van der Waals surface area contributed by atoms with E-state index < -0.39 is 0 Å². The van der Waals surface area contributed by atoms with Gasteiger partial charge in [0.1, 0.15) is 5.75 Å². The summed E-state index contributed by atoms with van der Waals surface area (Å²) in [4.78, 5) is 0. The van der Waals surface area contributed by atoms with Crippen molar-refractivity contribution in [3.8, 4) is 5.75 Å². The maximum absolute atomic E-state index is 5.89. The van der Waals surface area contributed by atoms with E-state index in [4.69, 9.17) is 28.6 Å². The number of aryl methyl sites for hydroxylation is 1. The van der Waals surface area contributed by atoms with Gasteiger partial charge in [-0.25, -0.2) is 0 Å². The van der Waals surface area contributed by atoms with Crippen LogP contribution in [-0.4, -0.2) is 12.2 Å². The third-order valence-corrected chi connectivity index (χ3v) is 4.11. The minimum absolute atomic E-state index is 0.145.